The maximum Gasteiger partial charge on any atom is 0.322 e. The first kappa shape index (κ1) is 20.8. The Morgan fingerprint density at radius 1 is 1.33 bits per heavy atom. The number of nitrogens with two attached hydrogens (primary N) is 1. The van der Waals surface area contributed by atoms with Crippen molar-refractivity contribution in [3.8, 4) is 0 Å². The molecule has 1 aromatic heterocycles. The third-order valence-corrected chi connectivity index (χ3v) is 4.86. The van der Waals surface area contributed by atoms with E-state index in [1.807, 2.05) is 6.07 Å². The van der Waals surface area contributed by atoms with Crippen molar-refractivity contribution in [1.29, 1.82) is 0 Å². The molecule has 1 saturated carbocycles. The Hall–Kier alpha value is -1.20. The van der Waals surface area contributed by atoms with Gasteiger partial charge in [-0.1, -0.05) is 50.9 Å². The predicted molar refractivity (Wildman–Crippen MR) is 102 cm³/mol. The van der Waals surface area contributed by atoms with Gasteiger partial charge in [0.2, 0.25) is 0 Å². The van der Waals surface area contributed by atoms with Gasteiger partial charge in [-0.25, -0.2) is 0 Å². The van der Waals surface area contributed by atoms with Gasteiger partial charge >= 0.3 is 5.97 Å². The van der Waals surface area contributed by atoms with Crippen LogP contribution in [0.5, 0.6) is 0 Å². The highest BCUT2D eigenvalue weighted by Gasteiger charge is 2.28. The first-order valence-electron chi connectivity index (χ1n) is 8.48. The molecule has 6 heteroatoms. The van der Waals surface area contributed by atoms with Crippen molar-refractivity contribution >= 4 is 35.6 Å². The second-order valence-corrected chi connectivity index (χ2v) is 6.87. The van der Waals surface area contributed by atoms with Crippen molar-refractivity contribution in [2.75, 3.05) is 6.61 Å². The molecule has 134 valence electrons. The molecule has 1 aliphatic carbocycles. The highest BCUT2D eigenvalue weighted by atomic mass is 35.5. The number of halogens is 1. The summed E-state index contributed by atoms with van der Waals surface area (Å²) in [5.41, 5.74) is 6.27. The Morgan fingerprint density at radius 2 is 2.00 bits per heavy atom. The molecule has 1 heterocycles. The number of carbonyl (C=O) groups excluding carboxylic acids is 1. The van der Waals surface area contributed by atoms with E-state index in [1.54, 1.807) is 18.3 Å². The summed E-state index contributed by atoms with van der Waals surface area (Å²) in [5, 5.41) is 0. The number of pyridine rings is 1. The summed E-state index contributed by atoms with van der Waals surface area (Å²) >= 11 is 5.03. The van der Waals surface area contributed by atoms with Crippen LogP contribution in [0.2, 0.25) is 0 Å². The Morgan fingerprint density at radius 3 is 2.54 bits per heavy atom. The van der Waals surface area contributed by atoms with E-state index in [0.717, 1.165) is 18.8 Å². The maximum absolute atomic E-state index is 12.4. The fourth-order valence-corrected chi connectivity index (χ4v) is 3.52. The molecular weight excluding hydrogens is 344 g/mol. The van der Waals surface area contributed by atoms with E-state index in [1.165, 1.54) is 25.7 Å². The average molecular weight is 371 g/mol. The van der Waals surface area contributed by atoms with E-state index in [4.69, 9.17) is 22.7 Å². The van der Waals surface area contributed by atoms with Crippen LogP contribution in [0.3, 0.4) is 0 Å². The largest absolute Gasteiger partial charge is 0.465 e. The third kappa shape index (κ3) is 6.02. The van der Waals surface area contributed by atoms with Crippen LogP contribution in [0, 0.1) is 11.8 Å². The van der Waals surface area contributed by atoms with E-state index >= 15 is 0 Å². The average Bonchev–Trinajstić information content (AvgIpc) is 2.55. The van der Waals surface area contributed by atoms with Crippen LogP contribution in [0.15, 0.2) is 24.4 Å². The van der Waals surface area contributed by atoms with Gasteiger partial charge in [-0.3, -0.25) is 9.78 Å². The SMILES string of the molecule is CCC[C@H]1CC[C@H](COC(=O)C(C(N)=S)c2ccccn2)CC1.Cl. The van der Waals surface area contributed by atoms with Crippen LogP contribution in [0.4, 0.5) is 0 Å². The normalized spacial score (nSPS) is 21.4. The molecule has 0 aliphatic heterocycles. The van der Waals surface area contributed by atoms with Gasteiger partial charge in [0.15, 0.2) is 0 Å². The highest BCUT2D eigenvalue weighted by molar-refractivity contribution is 7.80. The van der Waals surface area contributed by atoms with Crippen LogP contribution < -0.4 is 5.73 Å². The van der Waals surface area contributed by atoms with Crippen molar-refractivity contribution in [3.05, 3.63) is 30.1 Å². The molecule has 2 rings (SSSR count). The van der Waals surface area contributed by atoms with Crippen LogP contribution >= 0.6 is 24.6 Å². The number of nitrogens with zero attached hydrogens (tertiary/aromatic N) is 1. The summed E-state index contributed by atoms with van der Waals surface area (Å²) in [6, 6.07) is 5.36. The van der Waals surface area contributed by atoms with Crippen molar-refractivity contribution in [1.82, 2.24) is 4.98 Å². The van der Waals surface area contributed by atoms with Crippen molar-refractivity contribution < 1.29 is 9.53 Å². The van der Waals surface area contributed by atoms with Gasteiger partial charge in [0.25, 0.3) is 0 Å². The lowest BCUT2D eigenvalue weighted by Gasteiger charge is -2.28. The molecule has 1 fully saturated rings. The van der Waals surface area contributed by atoms with E-state index in [2.05, 4.69) is 11.9 Å². The fourth-order valence-electron chi connectivity index (χ4n) is 3.31. The molecule has 0 radical (unpaired) electrons. The molecule has 0 amide bonds. The van der Waals surface area contributed by atoms with E-state index in [-0.39, 0.29) is 23.4 Å². The smallest absolute Gasteiger partial charge is 0.322 e. The minimum atomic E-state index is -0.748. The molecule has 2 N–H and O–H groups in total. The van der Waals surface area contributed by atoms with Crippen molar-refractivity contribution in [2.24, 2.45) is 17.6 Å². The number of hydrogen-bond acceptors (Lipinski definition) is 4. The molecule has 4 nitrogen and oxygen atoms in total. The summed E-state index contributed by atoms with van der Waals surface area (Å²) in [6.45, 7) is 2.70. The predicted octanol–water partition coefficient (Wildman–Crippen LogP) is 4.02. The van der Waals surface area contributed by atoms with Crippen molar-refractivity contribution in [2.45, 2.75) is 51.4 Å². The number of esters is 1. The number of rotatable bonds is 7. The zero-order chi connectivity index (χ0) is 16.7. The molecule has 0 bridgehead atoms. The molecule has 0 aromatic carbocycles. The Balaban J connectivity index is 0.00000288. The number of aromatic nitrogens is 1. The second kappa shape index (κ2) is 10.6. The first-order valence-corrected chi connectivity index (χ1v) is 8.89. The minimum absolute atomic E-state index is 0. The third-order valence-electron chi connectivity index (χ3n) is 4.63. The molecule has 1 unspecified atom stereocenters. The fraction of sp³-hybridized carbons (Fsp3) is 0.611. The zero-order valence-electron chi connectivity index (χ0n) is 14.1. The Kier molecular flexibility index (Phi) is 9.22. The summed E-state index contributed by atoms with van der Waals surface area (Å²) in [4.78, 5) is 16.7. The lowest BCUT2D eigenvalue weighted by atomic mass is 9.80. The van der Waals surface area contributed by atoms with Gasteiger partial charge in [-0.05, 0) is 36.8 Å². The van der Waals surface area contributed by atoms with E-state index in [0.29, 0.717) is 18.2 Å². The number of carbonyl (C=O) groups is 1. The highest BCUT2D eigenvalue weighted by Crippen LogP contribution is 2.31. The number of thiocarbonyl (C=S) groups is 1. The molecule has 0 spiro atoms. The van der Waals surface area contributed by atoms with Crippen molar-refractivity contribution in [3.63, 3.8) is 0 Å². The number of hydrogen-bond donors (Lipinski definition) is 1. The first-order chi connectivity index (χ1) is 11.1. The van der Waals surface area contributed by atoms with Crippen LogP contribution in [-0.2, 0) is 9.53 Å². The van der Waals surface area contributed by atoms with Gasteiger partial charge in [-0.15, -0.1) is 12.4 Å². The van der Waals surface area contributed by atoms with Gasteiger partial charge in [0.1, 0.15) is 5.92 Å². The van der Waals surface area contributed by atoms with Gasteiger partial charge in [-0.2, -0.15) is 0 Å². The Labute approximate surface area is 156 Å². The zero-order valence-corrected chi connectivity index (χ0v) is 15.8. The van der Waals surface area contributed by atoms with Gasteiger partial charge in [0, 0.05) is 6.20 Å². The monoisotopic (exact) mass is 370 g/mol. The quantitative estimate of drug-likeness (QED) is 0.580. The molecule has 24 heavy (non-hydrogen) atoms. The van der Waals surface area contributed by atoms with Crippen LogP contribution in [0.25, 0.3) is 0 Å². The van der Waals surface area contributed by atoms with Gasteiger partial charge in [0.05, 0.1) is 17.3 Å². The lowest BCUT2D eigenvalue weighted by molar-refractivity contribution is -0.145. The topological polar surface area (TPSA) is 65.2 Å². The summed E-state index contributed by atoms with van der Waals surface area (Å²) in [5.74, 6) is 0.183. The lowest BCUT2D eigenvalue weighted by Crippen LogP contribution is -2.30. The molecule has 0 saturated heterocycles. The van der Waals surface area contributed by atoms with Crippen LogP contribution in [0.1, 0.15) is 57.1 Å². The molecule has 1 atom stereocenters. The molecule has 1 aromatic rings. The standard InChI is InChI=1S/C18H26N2O2S.ClH/c1-2-5-13-7-9-14(10-8-13)12-22-18(21)16(17(19)23)15-6-3-4-11-20-15;/h3-4,6,11,13-14,16H,2,5,7-10,12H2,1H3,(H2,19,23);1H/t13-,14-,16?;. The summed E-state index contributed by atoms with van der Waals surface area (Å²) in [7, 11) is 0. The molecular formula is C18H27ClN2O2S. The summed E-state index contributed by atoms with van der Waals surface area (Å²) < 4.78 is 5.51. The Bertz CT molecular complexity index is 519. The summed E-state index contributed by atoms with van der Waals surface area (Å²) in [6.07, 6.45) is 8.96. The minimum Gasteiger partial charge on any atom is -0.465 e. The number of ether oxygens (including phenoxy) is 1. The molecule has 1 aliphatic rings. The maximum atomic E-state index is 12.4. The van der Waals surface area contributed by atoms with Crippen LogP contribution in [-0.4, -0.2) is 22.5 Å². The van der Waals surface area contributed by atoms with E-state index < -0.39 is 5.92 Å². The second-order valence-electron chi connectivity index (χ2n) is 6.40. The van der Waals surface area contributed by atoms with E-state index in [9.17, 15) is 4.79 Å². The van der Waals surface area contributed by atoms with Gasteiger partial charge < -0.3 is 10.5 Å².